The summed E-state index contributed by atoms with van der Waals surface area (Å²) in [5, 5.41) is 2.81. The van der Waals surface area contributed by atoms with E-state index < -0.39 is 0 Å². The van der Waals surface area contributed by atoms with Crippen LogP contribution in [0.25, 0.3) is 11.4 Å². The summed E-state index contributed by atoms with van der Waals surface area (Å²) in [6, 6.07) is 4.66. The molecule has 1 heterocycles. The second-order valence-corrected chi connectivity index (χ2v) is 3.68. The van der Waals surface area contributed by atoms with Crippen molar-refractivity contribution in [2.24, 2.45) is 0 Å². The molecular weight excluding hydrogens is 235 g/mol. The summed E-state index contributed by atoms with van der Waals surface area (Å²) < 4.78 is 18.3. The third kappa shape index (κ3) is 2.37. The van der Waals surface area contributed by atoms with E-state index in [1.807, 2.05) is 6.92 Å². The molecule has 1 N–H and O–H groups in total. The van der Waals surface area contributed by atoms with Crippen LogP contribution in [0.2, 0.25) is 0 Å². The number of aryl methyl sites for hydroxylation is 1. The van der Waals surface area contributed by atoms with Gasteiger partial charge in [0.15, 0.2) is 5.82 Å². The van der Waals surface area contributed by atoms with Crippen LogP contribution >= 0.6 is 0 Å². The van der Waals surface area contributed by atoms with Gasteiger partial charge in [0.2, 0.25) is 5.95 Å². The molecule has 6 heteroatoms. The number of aromatic nitrogens is 3. The molecule has 0 bridgehead atoms. The first-order valence-electron chi connectivity index (χ1n) is 5.38. The largest absolute Gasteiger partial charge is 0.467 e. The molecule has 0 aliphatic rings. The fourth-order valence-electron chi connectivity index (χ4n) is 1.52. The van der Waals surface area contributed by atoms with Gasteiger partial charge < -0.3 is 10.1 Å². The first kappa shape index (κ1) is 12.2. The molecule has 0 aliphatic carbocycles. The number of nitrogens with zero attached hydrogens (tertiary/aromatic N) is 3. The summed E-state index contributed by atoms with van der Waals surface area (Å²) in [7, 11) is 3.16. The summed E-state index contributed by atoms with van der Waals surface area (Å²) in [5.74, 6) is 0.421. The third-order valence-corrected chi connectivity index (χ3v) is 2.46. The van der Waals surface area contributed by atoms with Crippen molar-refractivity contribution in [2.75, 3.05) is 19.5 Å². The van der Waals surface area contributed by atoms with Crippen LogP contribution in [0.4, 0.5) is 10.3 Å². The van der Waals surface area contributed by atoms with Crippen LogP contribution in [-0.2, 0) is 0 Å². The molecule has 0 unspecified atom stereocenters. The third-order valence-electron chi connectivity index (χ3n) is 2.46. The lowest BCUT2D eigenvalue weighted by molar-refractivity contribution is 0.379. The monoisotopic (exact) mass is 248 g/mol. The van der Waals surface area contributed by atoms with Gasteiger partial charge in [-0.1, -0.05) is 6.07 Å². The molecule has 0 saturated carbocycles. The average Bonchev–Trinajstić information content (AvgIpc) is 2.40. The average molecular weight is 248 g/mol. The van der Waals surface area contributed by atoms with E-state index in [4.69, 9.17) is 4.74 Å². The number of anilines is 1. The standard InChI is InChI=1S/C12H13FN4O/c1-7-4-5-8(13)6-9(7)10-15-11(14-2)17-12(16-10)18-3/h4-6H,1-3H3,(H,14,15,16,17). The van der Waals surface area contributed by atoms with Crippen molar-refractivity contribution in [3.63, 3.8) is 0 Å². The maximum absolute atomic E-state index is 13.3. The minimum atomic E-state index is -0.332. The van der Waals surface area contributed by atoms with Gasteiger partial charge in [0.05, 0.1) is 7.11 Å². The van der Waals surface area contributed by atoms with E-state index in [-0.39, 0.29) is 11.8 Å². The maximum atomic E-state index is 13.3. The van der Waals surface area contributed by atoms with E-state index in [0.717, 1.165) is 5.56 Å². The summed E-state index contributed by atoms with van der Waals surface area (Å²) in [6.45, 7) is 1.87. The highest BCUT2D eigenvalue weighted by Crippen LogP contribution is 2.23. The zero-order chi connectivity index (χ0) is 13.1. The molecule has 94 valence electrons. The Morgan fingerprint density at radius 2 is 2.00 bits per heavy atom. The van der Waals surface area contributed by atoms with Gasteiger partial charge >= 0.3 is 6.01 Å². The van der Waals surface area contributed by atoms with Crippen molar-refractivity contribution in [3.05, 3.63) is 29.6 Å². The zero-order valence-corrected chi connectivity index (χ0v) is 10.4. The number of hydrogen-bond donors (Lipinski definition) is 1. The van der Waals surface area contributed by atoms with E-state index in [1.165, 1.54) is 19.2 Å². The van der Waals surface area contributed by atoms with Crippen LogP contribution in [0.1, 0.15) is 5.56 Å². The molecule has 2 aromatic rings. The van der Waals surface area contributed by atoms with Gasteiger partial charge in [-0.3, -0.25) is 0 Å². The normalized spacial score (nSPS) is 10.2. The predicted molar refractivity (Wildman–Crippen MR) is 66.1 cm³/mol. The van der Waals surface area contributed by atoms with Crippen LogP contribution in [0.3, 0.4) is 0 Å². The van der Waals surface area contributed by atoms with Gasteiger partial charge in [0.1, 0.15) is 5.82 Å². The van der Waals surface area contributed by atoms with Gasteiger partial charge in [0.25, 0.3) is 0 Å². The van der Waals surface area contributed by atoms with Crippen LogP contribution in [0.5, 0.6) is 6.01 Å². The summed E-state index contributed by atoms with van der Waals surface area (Å²) in [6.07, 6.45) is 0. The van der Waals surface area contributed by atoms with E-state index >= 15 is 0 Å². The highest BCUT2D eigenvalue weighted by Gasteiger charge is 2.11. The van der Waals surface area contributed by atoms with E-state index in [0.29, 0.717) is 17.3 Å². The minimum Gasteiger partial charge on any atom is -0.467 e. The van der Waals surface area contributed by atoms with Crippen molar-refractivity contribution in [2.45, 2.75) is 6.92 Å². The second-order valence-electron chi connectivity index (χ2n) is 3.68. The highest BCUT2D eigenvalue weighted by molar-refractivity contribution is 5.61. The summed E-state index contributed by atoms with van der Waals surface area (Å²) >= 11 is 0. The van der Waals surface area contributed by atoms with Crippen LogP contribution in [-0.4, -0.2) is 29.1 Å². The Morgan fingerprint density at radius 1 is 1.22 bits per heavy atom. The highest BCUT2D eigenvalue weighted by atomic mass is 19.1. The van der Waals surface area contributed by atoms with Gasteiger partial charge in [-0.25, -0.2) is 4.39 Å². The smallest absolute Gasteiger partial charge is 0.321 e. The molecule has 1 aromatic heterocycles. The van der Waals surface area contributed by atoms with Crippen molar-refractivity contribution < 1.29 is 9.13 Å². The predicted octanol–water partition coefficient (Wildman–Crippen LogP) is 2.04. The lowest BCUT2D eigenvalue weighted by atomic mass is 10.1. The van der Waals surface area contributed by atoms with Crippen LogP contribution in [0, 0.1) is 12.7 Å². The quantitative estimate of drug-likeness (QED) is 0.900. The fourth-order valence-corrected chi connectivity index (χ4v) is 1.52. The number of methoxy groups -OCH3 is 1. The summed E-state index contributed by atoms with van der Waals surface area (Å²) in [5.41, 5.74) is 1.50. The zero-order valence-electron chi connectivity index (χ0n) is 10.4. The Bertz CT molecular complexity index is 552. The van der Waals surface area contributed by atoms with E-state index in [9.17, 15) is 4.39 Å². The molecule has 0 spiro atoms. The molecule has 0 radical (unpaired) electrons. The molecule has 18 heavy (non-hydrogen) atoms. The minimum absolute atomic E-state index is 0.188. The van der Waals surface area contributed by atoms with Crippen molar-refractivity contribution in [3.8, 4) is 17.4 Å². The second kappa shape index (κ2) is 4.95. The van der Waals surface area contributed by atoms with Crippen molar-refractivity contribution >= 4 is 5.95 Å². The maximum Gasteiger partial charge on any atom is 0.321 e. The fraction of sp³-hybridized carbons (Fsp3) is 0.250. The van der Waals surface area contributed by atoms with Crippen LogP contribution in [0.15, 0.2) is 18.2 Å². The Hall–Kier alpha value is -2.24. The number of benzene rings is 1. The molecule has 0 amide bonds. The molecule has 2 rings (SSSR count). The molecule has 0 atom stereocenters. The molecule has 5 nitrogen and oxygen atoms in total. The SMILES string of the molecule is CNc1nc(OC)nc(-c2cc(F)ccc2C)n1. The Balaban J connectivity index is 2.58. The summed E-state index contributed by atoms with van der Waals surface area (Å²) in [4.78, 5) is 12.3. The van der Waals surface area contributed by atoms with Crippen molar-refractivity contribution in [1.82, 2.24) is 15.0 Å². The lowest BCUT2D eigenvalue weighted by Gasteiger charge is -2.07. The Labute approximate surface area is 104 Å². The topological polar surface area (TPSA) is 59.9 Å². The first-order chi connectivity index (χ1) is 8.63. The van der Waals surface area contributed by atoms with Crippen molar-refractivity contribution in [1.29, 1.82) is 0 Å². The number of rotatable bonds is 3. The molecule has 0 aliphatic heterocycles. The van der Waals surface area contributed by atoms with Gasteiger partial charge in [-0.2, -0.15) is 15.0 Å². The van der Waals surface area contributed by atoms with E-state index in [2.05, 4.69) is 20.3 Å². The van der Waals surface area contributed by atoms with E-state index in [1.54, 1.807) is 13.1 Å². The van der Waals surface area contributed by atoms with Gasteiger partial charge in [0, 0.05) is 12.6 Å². The number of nitrogens with one attached hydrogen (secondary N) is 1. The first-order valence-corrected chi connectivity index (χ1v) is 5.38. The lowest BCUT2D eigenvalue weighted by Crippen LogP contribution is -2.03. The Kier molecular flexibility index (Phi) is 3.36. The molecule has 0 saturated heterocycles. The number of hydrogen-bond acceptors (Lipinski definition) is 5. The number of ether oxygens (including phenoxy) is 1. The number of halogens is 1. The van der Waals surface area contributed by atoms with Crippen LogP contribution < -0.4 is 10.1 Å². The molecule has 1 aromatic carbocycles. The van der Waals surface area contributed by atoms with Gasteiger partial charge in [-0.15, -0.1) is 0 Å². The van der Waals surface area contributed by atoms with Gasteiger partial charge in [-0.05, 0) is 24.6 Å². The molecule has 0 fully saturated rings. The molecular formula is C12H13FN4O. The Morgan fingerprint density at radius 3 is 2.67 bits per heavy atom.